The molecule has 1 amide bonds. The molecular weight excluding hydrogens is 440 g/mol. The summed E-state index contributed by atoms with van der Waals surface area (Å²) in [6.07, 6.45) is 2.43. The van der Waals surface area contributed by atoms with E-state index in [1.165, 1.54) is 49.4 Å². The molecule has 0 saturated heterocycles. The number of hydrogen-bond donors (Lipinski definition) is 3. The van der Waals surface area contributed by atoms with Gasteiger partial charge in [0.25, 0.3) is 20.2 Å². The lowest BCUT2D eigenvalue weighted by molar-refractivity contribution is -0.114. The minimum Gasteiger partial charge on any atom is -0.325 e. The third-order valence-corrected chi connectivity index (χ3v) is 5.48. The number of carbonyl (C=O) groups excluding carboxylic acids is 1. The van der Waals surface area contributed by atoms with Gasteiger partial charge in [0.15, 0.2) is 0 Å². The van der Waals surface area contributed by atoms with E-state index in [0.29, 0.717) is 0 Å². The van der Waals surface area contributed by atoms with Crippen LogP contribution in [-0.2, 0) is 25.0 Å². The smallest absolute Gasteiger partial charge is 0.297 e. The van der Waals surface area contributed by atoms with E-state index in [9.17, 15) is 30.7 Å². The van der Waals surface area contributed by atoms with E-state index in [1.807, 2.05) is 0 Å². The van der Waals surface area contributed by atoms with Gasteiger partial charge >= 0.3 is 0 Å². The van der Waals surface area contributed by atoms with E-state index in [4.69, 9.17) is 0 Å². The van der Waals surface area contributed by atoms with Crippen LogP contribution in [0.15, 0.2) is 51.2 Å². The summed E-state index contributed by atoms with van der Waals surface area (Å²) in [4.78, 5) is 13.9. The number of thiocarbonyl (C=S) groups is 1. The van der Waals surface area contributed by atoms with Crippen molar-refractivity contribution >= 4 is 67.0 Å². The van der Waals surface area contributed by atoms with Gasteiger partial charge in [-0.15, -0.1) is 0 Å². The summed E-state index contributed by atoms with van der Waals surface area (Å²) >= 11 is 4.46. The lowest BCUT2D eigenvalue weighted by atomic mass is 10.1. The predicted octanol–water partition coefficient (Wildman–Crippen LogP) is 3.04. The Balaban J connectivity index is 2.66. The number of benzene rings is 2. The van der Waals surface area contributed by atoms with Crippen molar-refractivity contribution in [2.75, 3.05) is 5.32 Å². The van der Waals surface area contributed by atoms with Crippen LogP contribution in [0, 0.1) is 0 Å². The number of carbonyl (C=O) groups is 1. The summed E-state index contributed by atoms with van der Waals surface area (Å²) in [7, 11) is -9.37. The van der Waals surface area contributed by atoms with Gasteiger partial charge in [-0.3, -0.25) is 13.9 Å². The highest BCUT2D eigenvalue weighted by Gasteiger charge is 2.20. The third-order valence-electron chi connectivity index (χ3n) is 3.51. The molecule has 0 unspecified atom stereocenters. The van der Waals surface area contributed by atoms with E-state index < -0.39 is 35.9 Å². The Morgan fingerprint density at radius 1 is 1.07 bits per heavy atom. The van der Waals surface area contributed by atoms with Crippen LogP contribution < -0.4 is 5.32 Å². The number of nitrogens with zero attached hydrogens (tertiary/aromatic N) is 1. The van der Waals surface area contributed by atoms with Crippen molar-refractivity contribution in [1.82, 2.24) is 0 Å². The fourth-order valence-electron chi connectivity index (χ4n) is 2.45. The molecule has 0 saturated carbocycles. The zero-order chi connectivity index (χ0) is 21.8. The third kappa shape index (κ3) is 5.87. The molecule has 0 aliphatic carbocycles. The topological polar surface area (TPSA) is 150 Å². The zero-order valence-electron chi connectivity index (χ0n) is 14.7. The summed E-state index contributed by atoms with van der Waals surface area (Å²) in [5, 5.41) is 4.37. The Labute approximate surface area is 172 Å². The first kappa shape index (κ1) is 22.6. The highest BCUT2D eigenvalue weighted by atomic mass is 32.2. The van der Waals surface area contributed by atoms with Crippen LogP contribution >= 0.6 is 12.2 Å². The Morgan fingerprint density at radius 2 is 1.72 bits per heavy atom. The standard InChI is InChI=1S/C17H14N2O7S3/c1-11(20)19-15-4-2-3-13(17(15)29(24,25)26)6-5-12-7-8-14(18-10-27)9-16(12)28(21,22)23/h2-9H,1H3,(H,19,20)(H,21,22,23)(H,24,25,26)/b6-5+. The van der Waals surface area contributed by atoms with E-state index in [0.717, 1.165) is 6.07 Å². The lowest BCUT2D eigenvalue weighted by Gasteiger charge is -2.10. The van der Waals surface area contributed by atoms with Crippen LogP contribution in [0.25, 0.3) is 12.2 Å². The van der Waals surface area contributed by atoms with Crippen molar-refractivity contribution in [3.63, 3.8) is 0 Å². The molecule has 2 aromatic carbocycles. The van der Waals surface area contributed by atoms with Crippen molar-refractivity contribution in [1.29, 1.82) is 0 Å². The molecule has 3 N–H and O–H groups in total. The van der Waals surface area contributed by atoms with Crippen LogP contribution in [0.4, 0.5) is 11.4 Å². The Kier molecular flexibility index (Phi) is 6.80. The van der Waals surface area contributed by atoms with Gasteiger partial charge in [0.1, 0.15) is 9.79 Å². The molecule has 0 spiro atoms. The monoisotopic (exact) mass is 454 g/mol. The molecule has 0 bridgehead atoms. The maximum absolute atomic E-state index is 11.8. The van der Waals surface area contributed by atoms with Gasteiger partial charge < -0.3 is 5.32 Å². The Morgan fingerprint density at radius 3 is 2.28 bits per heavy atom. The molecule has 0 atom stereocenters. The molecular formula is C17H14N2O7S3. The fourth-order valence-corrected chi connectivity index (χ4v) is 4.09. The Bertz CT molecular complexity index is 1260. The number of rotatable bonds is 6. The summed E-state index contributed by atoms with van der Waals surface area (Å²) in [6, 6.07) is 7.83. The van der Waals surface area contributed by atoms with Crippen molar-refractivity contribution in [2.24, 2.45) is 4.99 Å². The SMILES string of the molecule is CC(=O)Nc1cccc(/C=C/c2ccc(N=C=S)cc2S(=O)(=O)O)c1S(=O)(=O)O. The molecule has 0 aromatic heterocycles. The molecule has 29 heavy (non-hydrogen) atoms. The van der Waals surface area contributed by atoms with Crippen molar-refractivity contribution in [3.05, 3.63) is 47.5 Å². The van der Waals surface area contributed by atoms with Gasteiger partial charge in [-0.25, -0.2) is 0 Å². The quantitative estimate of drug-likeness (QED) is 0.261. The predicted molar refractivity (Wildman–Crippen MR) is 110 cm³/mol. The van der Waals surface area contributed by atoms with Crippen molar-refractivity contribution < 1.29 is 30.7 Å². The van der Waals surface area contributed by atoms with Gasteiger partial charge in [0.2, 0.25) is 5.91 Å². The largest absolute Gasteiger partial charge is 0.325 e. The van der Waals surface area contributed by atoms with Crippen molar-refractivity contribution in [3.8, 4) is 0 Å². The first-order valence-electron chi connectivity index (χ1n) is 7.69. The summed E-state index contributed by atoms with van der Waals surface area (Å²) in [5.41, 5.74) is -0.0260. The zero-order valence-corrected chi connectivity index (χ0v) is 17.2. The maximum atomic E-state index is 11.8. The fraction of sp³-hybridized carbons (Fsp3) is 0.0588. The lowest BCUT2D eigenvalue weighted by Crippen LogP contribution is -2.12. The highest BCUT2D eigenvalue weighted by Crippen LogP contribution is 2.29. The number of nitrogens with one attached hydrogen (secondary N) is 1. The van der Waals surface area contributed by atoms with E-state index in [1.54, 1.807) is 0 Å². The van der Waals surface area contributed by atoms with E-state index in [-0.39, 0.29) is 22.5 Å². The van der Waals surface area contributed by atoms with Gasteiger partial charge in [-0.05, 0) is 41.5 Å². The molecule has 0 fully saturated rings. The average Bonchev–Trinajstić information content (AvgIpc) is 2.58. The van der Waals surface area contributed by atoms with Crippen molar-refractivity contribution in [2.45, 2.75) is 16.7 Å². The molecule has 12 heteroatoms. The minimum absolute atomic E-state index is 0.0158. The van der Waals surface area contributed by atoms with Crippen LogP contribution in [0.3, 0.4) is 0 Å². The second-order valence-electron chi connectivity index (χ2n) is 5.61. The van der Waals surface area contributed by atoms with Gasteiger partial charge in [-0.2, -0.15) is 21.8 Å². The average molecular weight is 455 g/mol. The van der Waals surface area contributed by atoms with Crippen LogP contribution in [0.1, 0.15) is 18.1 Å². The second kappa shape index (κ2) is 8.74. The number of aliphatic imine (C=N–C) groups is 1. The van der Waals surface area contributed by atoms with Gasteiger partial charge in [0, 0.05) is 6.92 Å². The number of isothiocyanates is 1. The molecule has 0 aliphatic heterocycles. The first-order chi connectivity index (χ1) is 13.4. The van der Waals surface area contributed by atoms with Crippen LogP contribution in [-0.4, -0.2) is 37.0 Å². The number of anilines is 1. The molecule has 9 nitrogen and oxygen atoms in total. The van der Waals surface area contributed by atoms with Gasteiger partial charge in [-0.1, -0.05) is 30.4 Å². The highest BCUT2D eigenvalue weighted by molar-refractivity contribution is 7.86. The molecule has 152 valence electrons. The van der Waals surface area contributed by atoms with Crippen LogP contribution in [0.5, 0.6) is 0 Å². The van der Waals surface area contributed by atoms with Gasteiger partial charge in [0.05, 0.1) is 16.5 Å². The molecule has 0 radical (unpaired) electrons. The first-order valence-corrected chi connectivity index (χ1v) is 11.0. The maximum Gasteiger partial charge on any atom is 0.297 e. The molecule has 0 heterocycles. The summed E-state index contributed by atoms with van der Waals surface area (Å²) < 4.78 is 66.0. The second-order valence-corrected chi connectivity index (χ2v) is 8.54. The normalized spacial score (nSPS) is 11.8. The number of hydrogen-bond acceptors (Lipinski definition) is 7. The van der Waals surface area contributed by atoms with E-state index in [2.05, 4.69) is 27.7 Å². The summed E-state index contributed by atoms with van der Waals surface area (Å²) in [5.74, 6) is -0.556. The van der Waals surface area contributed by atoms with Crippen LogP contribution in [0.2, 0.25) is 0 Å². The minimum atomic E-state index is -4.74. The summed E-state index contributed by atoms with van der Waals surface area (Å²) in [6.45, 7) is 1.17. The Hall–Kier alpha value is -2.73. The molecule has 2 aromatic rings. The molecule has 0 aliphatic rings. The molecule has 2 rings (SSSR count). The number of amides is 1. The van der Waals surface area contributed by atoms with E-state index >= 15 is 0 Å².